The van der Waals surface area contributed by atoms with E-state index in [0.29, 0.717) is 5.56 Å². The maximum atomic E-state index is 9.20. The Morgan fingerprint density at radius 2 is 2.22 bits per heavy atom. The summed E-state index contributed by atoms with van der Waals surface area (Å²) in [6.07, 6.45) is 4.71. The van der Waals surface area contributed by atoms with Gasteiger partial charge in [0.25, 0.3) is 0 Å². The third kappa shape index (κ3) is 2.39. The molecule has 2 aromatic heterocycles. The first-order chi connectivity index (χ1) is 11.3. The minimum atomic E-state index is 0.210. The second-order valence-electron chi connectivity index (χ2n) is 6.18. The number of nitriles is 1. The van der Waals surface area contributed by atoms with Crippen LogP contribution in [0.2, 0.25) is 0 Å². The summed E-state index contributed by atoms with van der Waals surface area (Å²) in [5.74, 6) is 0. The van der Waals surface area contributed by atoms with Crippen molar-refractivity contribution in [3.05, 3.63) is 65.1 Å². The van der Waals surface area contributed by atoms with Gasteiger partial charge in [0, 0.05) is 28.8 Å². The van der Waals surface area contributed by atoms with Gasteiger partial charge >= 0.3 is 0 Å². The first-order valence-electron chi connectivity index (χ1n) is 7.96. The number of hydrogen-bond donors (Lipinski definition) is 1. The van der Waals surface area contributed by atoms with Gasteiger partial charge in [-0.3, -0.25) is 4.98 Å². The highest BCUT2D eigenvalue weighted by Gasteiger charge is 2.24. The number of hydrogen-bond acceptors (Lipinski definition) is 3. The fourth-order valence-corrected chi connectivity index (χ4v) is 3.58. The molecule has 0 fully saturated rings. The molecule has 0 aliphatic heterocycles. The lowest BCUT2D eigenvalue weighted by Gasteiger charge is -2.20. The van der Waals surface area contributed by atoms with Crippen molar-refractivity contribution >= 4 is 10.9 Å². The number of aromatic nitrogens is 2. The zero-order valence-corrected chi connectivity index (χ0v) is 12.9. The Kier molecular flexibility index (Phi) is 3.36. The van der Waals surface area contributed by atoms with Crippen LogP contribution in [0, 0.1) is 11.3 Å². The van der Waals surface area contributed by atoms with E-state index in [9.17, 15) is 5.26 Å². The van der Waals surface area contributed by atoms with Crippen LogP contribution in [0.4, 0.5) is 0 Å². The van der Waals surface area contributed by atoms with Crippen molar-refractivity contribution in [2.45, 2.75) is 31.8 Å². The lowest BCUT2D eigenvalue weighted by Crippen LogP contribution is -2.28. The van der Waals surface area contributed by atoms with E-state index in [1.165, 1.54) is 22.2 Å². The number of pyridine rings is 1. The summed E-state index contributed by atoms with van der Waals surface area (Å²) in [5, 5.41) is 10.4. The van der Waals surface area contributed by atoms with E-state index in [2.05, 4.69) is 27.8 Å². The van der Waals surface area contributed by atoms with Crippen LogP contribution >= 0.6 is 0 Å². The molecule has 4 heteroatoms. The van der Waals surface area contributed by atoms with Crippen LogP contribution in [0.5, 0.6) is 0 Å². The summed E-state index contributed by atoms with van der Waals surface area (Å²) in [4.78, 5) is 4.46. The van der Waals surface area contributed by atoms with Crippen molar-refractivity contribution in [2.24, 2.45) is 5.73 Å². The number of benzene rings is 1. The summed E-state index contributed by atoms with van der Waals surface area (Å²) >= 11 is 0. The Labute approximate surface area is 135 Å². The zero-order valence-electron chi connectivity index (χ0n) is 12.9. The molecule has 4 rings (SSSR count). The molecule has 1 unspecified atom stereocenters. The maximum absolute atomic E-state index is 9.20. The van der Waals surface area contributed by atoms with Gasteiger partial charge in [-0.25, -0.2) is 0 Å². The average Bonchev–Trinajstić information content (AvgIpc) is 2.88. The molecule has 0 spiro atoms. The highest BCUT2D eigenvalue weighted by atomic mass is 15.0. The summed E-state index contributed by atoms with van der Waals surface area (Å²) in [6, 6.07) is 14.4. The SMILES string of the molecule is N#Cc1ccc2c(c1)c1c(n2Cc2ccccn2)CCC(N)C1. The molecular weight excluding hydrogens is 284 g/mol. The number of fused-ring (bicyclic) bond motifs is 3. The Morgan fingerprint density at radius 3 is 3.00 bits per heavy atom. The van der Waals surface area contributed by atoms with Crippen LogP contribution in [0.3, 0.4) is 0 Å². The molecule has 114 valence electrons. The van der Waals surface area contributed by atoms with Crippen LogP contribution in [0.25, 0.3) is 10.9 Å². The van der Waals surface area contributed by atoms with Gasteiger partial charge in [0.1, 0.15) is 0 Å². The van der Waals surface area contributed by atoms with Crippen molar-refractivity contribution in [3.8, 4) is 6.07 Å². The second kappa shape index (κ2) is 5.53. The Morgan fingerprint density at radius 1 is 1.30 bits per heavy atom. The molecule has 1 aliphatic rings. The van der Waals surface area contributed by atoms with Gasteiger partial charge in [-0.05, 0) is 55.2 Å². The number of rotatable bonds is 2. The monoisotopic (exact) mass is 302 g/mol. The highest BCUT2D eigenvalue weighted by Crippen LogP contribution is 2.33. The summed E-state index contributed by atoms with van der Waals surface area (Å²) in [6.45, 7) is 0.758. The van der Waals surface area contributed by atoms with Crippen molar-refractivity contribution in [1.82, 2.24) is 9.55 Å². The molecule has 0 bridgehead atoms. The van der Waals surface area contributed by atoms with Gasteiger partial charge in [0.15, 0.2) is 0 Å². The van der Waals surface area contributed by atoms with Crippen molar-refractivity contribution in [2.75, 3.05) is 0 Å². The minimum Gasteiger partial charge on any atom is -0.338 e. The molecule has 0 saturated carbocycles. The van der Waals surface area contributed by atoms with Gasteiger partial charge in [-0.15, -0.1) is 0 Å². The molecule has 4 nitrogen and oxygen atoms in total. The smallest absolute Gasteiger partial charge is 0.0991 e. The second-order valence-corrected chi connectivity index (χ2v) is 6.18. The average molecular weight is 302 g/mol. The van der Waals surface area contributed by atoms with E-state index < -0.39 is 0 Å². The fourth-order valence-electron chi connectivity index (χ4n) is 3.58. The predicted molar refractivity (Wildman–Crippen MR) is 90.0 cm³/mol. The van der Waals surface area contributed by atoms with Gasteiger partial charge in [0.05, 0.1) is 23.9 Å². The molecule has 0 radical (unpaired) electrons. The Balaban J connectivity index is 1.91. The van der Waals surface area contributed by atoms with Crippen molar-refractivity contribution < 1.29 is 0 Å². The van der Waals surface area contributed by atoms with E-state index in [-0.39, 0.29) is 6.04 Å². The summed E-state index contributed by atoms with van der Waals surface area (Å²) in [7, 11) is 0. The fraction of sp³-hybridized carbons (Fsp3) is 0.263. The standard InChI is InChI=1S/C19H18N4/c20-11-13-4-6-18-16(9-13)17-10-14(21)5-7-19(17)23(18)12-15-3-1-2-8-22-15/h1-4,6,8-9,14H,5,7,10,12,21H2. The Bertz CT molecular complexity index is 903. The first kappa shape index (κ1) is 14.0. The maximum Gasteiger partial charge on any atom is 0.0991 e. The van der Waals surface area contributed by atoms with E-state index in [0.717, 1.165) is 31.5 Å². The van der Waals surface area contributed by atoms with Gasteiger partial charge in [0.2, 0.25) is 0 Å². The molecule has 0 amide bonds. The van der Waals surface area contributed by atoms with E-state index in [1.807, 2.05) is 30.5 Å². The topological polar surface area (TPSA) is 67.6 Å². The Hall–Kier alpha value is -2.64. The van der Waals surface area contributed by atoms with Gasteiger partial charge < -0.3 is 10.3 Å². The quantitative estimate of drug-likeness (QED) is 0.791. The van der Waals surface area contributed by atoms with E-state index >= 15 is 0 Å². The number of nitrogens with zero attached hydrogens (tertiary/aromatic N) is 3. The first-order valence-corrected chi connectivity index (χ1v) is 7.96. The lowest BCUT2D eigenvalue weighted by molar-refractivity contribution is 0.555. The normalized spacial score (nSPS) is 17.0. The van der Waals surface area contributed by atoms with E-state index in [1.54, 1.807) is 0 Å². The molecule has 1 aliphatic carbocycles. The van der Waals surface area contributed by atoms with Crippen molar-refractivity contribution in [3.63, 3.8) is 0 Å². The van der Waals surface area contributed by atoms with Crippen LogP contribution < -0.4 is 5.73 Å². The molecule has 2 heterocycles. The molecule has 1 aromatic carbocycles. The zero-order chi connectivity index (χ0) is 15.8. The van der Waals surface area contributed by atoms with Crippen LogP contribution in [-0.2, 0) is 19.4 Å². The molecule has 1 atom stereocenters. The third-order valence-corrected chi connectivity index (χ3v) is 4.68. The summed E-state index contributed by atoms with van der Waals surface area (Å²) < 4.78 is 2.35. The predicted octanol–water partition coefficient (Wildman–Crippen LogP) is 2.77. The molecule has 3 aromatic rings. The van der Waals surface area contributed by atoms with Crippen molar-refractivity contribution in [1.29, 1.82) is 5.26 Å². The van der Waals surface area contributed by atoms with Gasteiger partial charge in [-0.2, -0.15) is 5.26 Å². The largest absolute Gasteiger partial charge is 0.338 e. The van der Waals surface area contributed by atoms with E-state index in [4.69, 9.17) is 5.73 Å². The molecular formula is C19H18N4. The van der Waals surface area contributed by atoms with Crippen LogP contribution in [0.15, 0.2) is 42.6 Å². The molecule has 23 heavy (non-hydrogen) atoms. The van der Waals surface area contributed by atoms with Gasteiger partial charge in [-0.1, -0.05) is 6.07 Å². The minimum absolute atomic E-state index is 0.210. The highest BCUT2D eigenvalue weighted by molar-refractivity contribution is 5.87. The molecule has 2 N–H and O–H groups in total. The number of nitrogens with two attached hydrogens (primary N) is 1. The lowest BCUT2D eigenvalue weighted by atomic mass is 9.91. The van der Waals surface area contributed by atoms with Crippen LogP contribution in [0.1, 0.15) is 28.9 Å². The molecule has 0 saturated heterocycles. The van der Waals surface area contributed by atoms with Crippen LogP contribution in [-0.4, -0.2) is 15.6 Å². The third-order valence-electron chi connectivity index (χ3n) is 4.68. The summed E-state index contributed by atoms with van der Waals surface area (Å²) in [5.41, 5.74) is 11.8.